The molecule has 1 aromatic rings. The van der Waals surface area contributed by atoms with Crippen LogP contribution in [0.25, 0.3) is 0 Å². The zero-order valence-corrected chi connectivity index (χ0v) is 7.69. The Morgan fingerprint density at radius 3 is 2.00 bits per heavy atom. The summed E-state index contributed by atoms with van der Waals surface area (Å²) in [5.41, 5.74) is 0. The van der Waals surface area contributed by atoms with E-state index in [0.29, 0.717) is 0 Å². The van der Waals surface area contributed by atoms with E-state index in [1.165, 1.54) is 3.57 Å². The third kappa shape index (κ3) is 2.75. The quantitative estimate of drug-likeness (QED) is 0.491. The molecule has 41 valence electrons. The summed E-state index contributed by atoms with van der Waals surface area (Å²) in [4.78, 5) is 0. The molecule has 0 aliphatic carbocycles. The van der Waals surface area contributed by atoms with E-state index in [9.17, 15) is 0 Å². The maximum absolute atomic E-state index is 2.93. The smallest absolute Gasteiger partial charge is 0 e. The summed E-state index contributed by atoms with van der Waals surface area (Å²) in [5.74, 6) is 0. The third-order valence-corrected chi connectivity index (χ3v) is 1.40. The van der Waals surface area contributed by atoms with E-state index in [0.717, 1.165) is 0 Å². The fourth-order valence-electron chi connectivity index (χ4n) is 0.367. The second-order valence-electron chi connectivity index (χ2n) is 1.22. The molecular formula is C6H4IV-. The van der Waals surface area contributed by atoms with Crippen LogP contribution in [-0.2, 0) is 18.6 Å². The number of hydrogen-bond donors (Lipinski definition) is 0. The van der Waals surface area contributed by atoms with Crippen LogP contribution in [-0.4, -0.2) is 0 Å². The van der Waals surface area contributed by atoms with Crippen LogP contribution in [0.15, 0.2) is 24.3 Å². The maximum Gasteiger partial charge on any atom is 0 e. The molecule has 0 aliphatic rings. The van der Waals surface area contributed by atoms with Crippen LogP contribution in [0.2, 0.25) is 0 Å². The predicted octanol–water partition coefficient (Wildman–Crippen LogP) is 2.09. The molecule has 0 fully saturated rings. The first-order valence-electron chi connectivity index (χ1n) is 2.01. The van der Waals surface area contributed by atoms with Gasteiger partial charge in [0, 0.05) is 18.6 Å². The largest absolute Gasteiger partial charge is 0.184 e. The van der Waals surface area contributed by atoms with Crippen molar-refractivity contribution in [2.45, 2.75) is 0 Å². The van der Waals surface area contributed by atoms with Crippen LogP contribution in [0.3, 0.4) is 0 Å². The Kier molecular flexibility index (Phi) is 4.71. The van der Waals surface area contributed by atoms with Crippen molar-refractivity contribution in [2.75, 3.05) is 0 Å². The Morgan fingerprint density at radius 2 is 1.75 bits per heavy atom. The van der Waals surface area contributed by atoms with Crippen molar-refractivity contribution < 1.29 is 18.6 Å². The zero-order chi connectivity index (χ0) is 5.11. The fourth-order valence-corrected chi connectivity index (χ4v) is 0.726. The van der Waals surface area contributed by atoms with Gasteiger partial charge in [0.05, 0.1) is 0 Å². The topological polar surface area (TPSA) is 0 Å². The fraction of sp³-hybridized carbons (Fsp3) is 0. The van der Waals surface area contributed by atoms with Gasteiger partial charge in [-0.15, -0.1) is 0 Å². The van der Waals surface area contributed by atoms with Gasteiger partial charge in [-0.1, -0.05) is 26.2 Å². The van der Waals surface area contributed by atoms with Crippen molar-refractivity contribution in [3.05, 3.63) is 33.9 Å². The summed E-state index contributed by atoms with van der Waals surface area (Å²) in [6.07, 6.45) is 0. The molecular weight excluding hydrogens is 250 g/mol. The van der Waals surface area contributed by atoms with Gasteiger partial charge in [-0.25, -0.2) is 0 Å². The van der Waals surface area contributed by atoms with E-state index in [1.807, 2.05) is 24.3 Å². The van der Waals surface area contributed by atoms with Gasteiger partial charge < -0.3 is 0 Å². The van der Waals surface area contributed by atoms with Crippen LogP contribution >= 0.6 is 22.6 Å². The summed E-state index contributed by atoms with van der Waals surface area (Å²) >= 11 is 2.26. The summed E-state index contributed by atoms with van der Waals surface area (Å²) in [5, 5.41) is 0. The summed E-state index contributed by atoms with van der Waals surface area (Å²) < 4.78 is 1.26. The standard InChI is InChI=1S/C6H4I.V/c7-6-4-2-1-3-5-6;/h2-5H;/q-1;. The molecule has 0 saturated carbocycles. The van der Waals surface area contributed by atoms with Crippen molar-refractivity contribution in [2.24, 2.45) is 0 Å². The molecule has 0 nitrogen and oxygen atoms in total. The van der Waals surface area contributed by atoms with E-state index in [4.69, 9.17) is 0 Å². The molecule has 0 N–H and O–H groups in total. The molecule has 1 rings (SSSR count). The van der Waals surface area contributed by atoms with Gasteiger partial charge in [-0.3, -0.25) is 0 Å². The number of halogens is 1. The summed E-state index contributed by atoms with van der Waals surface area (Å²) in [6, 6.07) is 10.8. The molecule has 0 aromatic heterocycles. The van der Waals surface area contributed by atoms with Crippen molar-refractivity contribution in [3.8, 4) is 0 Å². The molecule has 1 aromatic carbocycles. The Bertz CT molecular complexity index is 138. The Balaban J connectivity index is 0.000000490. The van der Waals surface area contributed by atoms with Gasteiger partial charge in [0.25, 0.3) is 0 Å². The summed E-state index contributed by atoms with van der Waals surface area (Å²) in [7, 11) is 0. The molecule has 1 radical (unpaired) electrons. The van der Waals surface area contributed by atoms with E-state index in [2.05, 4.69) is 28.7 Å². The number of hydrogen-bond acceptors (Lipinski definition) is 0. The number of rotatable bonds is 0. The number of benzene rings is 1. The zero-order valence-electron chi connectivity index (χ0n) is 4.13. The van der Waals surface area contributed by atoms with Crippen molar-refractivity contribution in [1.29, 1.82) is 0 Å². The van der Waals surface area contributed by atoms with Crippen LogP contribution in [0.1, 0.15) is 0 Å². The minimum absolute atomic E-state index is 0. The first-order chi connectivity index (χ1) is 3.39. The minimum Gasteiger partial charge on any atom is -0.184 e. The van der Waals surface area contributed by atoms with Crippen molar-refractivity contribution in [3.63, 3.8) is 0 Å². The van der Waals surface area contributed by atoms with Gasteiger partial charge in [0.15, 0.2) is 0 Å². The SMILES string of the molecule is Ic1cc[c-]cc1.[V]. The first-order valence-corrected chi connectivity index (χ1v) is 3.09. The Hall–Kier alpha value is 0.534. The van der Waals surface area contributed by atoms with Crippen molar-refractivity contribution in [1.82, 2.24) is 0 Å². The monoisotopic (exact) mass is 254 g/mol. The first kappa shape index (κ1) is 8.53. The third-order valence-electron chi connectivity index (χ3n) is 0.678. The van der Waals surface area contributed by atoms with Crippen molar-refractivity contribution >= 4 is 22.6 Å². The molecule has 0 heterocycles. The molecule has 0 atom stereocenters. The minimum atomic E-state index is 0. The second-order valence-corrected chi connectivity index (χ2v) is 2.46. The normalized spacial score (nSPS) is 7.62. The van der Waals surface area contributed by atoms with E-state index >= 15 is 0 Å². The molecule has 0 unspecified atom stereocenters. The van der Waals surface area contributed by atoms with E-state index in [-0.39, 0.29) is 18.6 Å². The Labute approximate surface area is 74.7 Å². The molecule has 0 spiro atoms. The van der Waals surface area contributed by atoms with Crippen LogP contribution in [0.5, 0.6) is 0 Å². The Morgan fingerprint density at radius 1 is 1.25 bits per heavy atom. The van der Waals surface area contributed by atoms with Crippen LogP contribution < -0.4 is 0 Å². The summed E-state index contributed by atoms with van der Waals surface area (Å²) in [6.45, 7) is 0. The van der Waals surface area contributed by atoms with Gasteiger partial charge in [-0.05, 0) is 0 Å². The molecule has 0 amide bonds. The average molecular weight is 254 g/mol. The molecule has 2 heteroatoms. The predicted molar refractivity (Wildman–Crippen MR) is 38.0 cm³/mol. The van der Waals surface area contributed by atoms with Gasteiger partial charge in [0.1, 0.15) is 0 Å². The van der Waals surface area contributed by atoms with Gasteiger partial charge in [-0.2, -0.15) is 30.3 Å². The van der Waals surface area contributed by atoms with Crippen LogP contribution in [0.4, 0.5) is 0 Å². The second kappa shape index (κ2) is 4.42. The molecule has 8 heavy (non-hydrogen) atoms. The van der Waals surface area contributed by atoms with Crippen LogP contribution in [0, 0.1) is 9.64 Å². The van der Waals surface area contributed by atoms with Gasteiger partial charge >= 0.3 is 0 Å². The average Bonchev–Trinajstić information content (AvgIpc) is 1.69. The van der Waals surface area contributed by atoms with Gasteiger partial charge in [0.2, 0.25) is 0 Å². The van der Waals surface area contributed by atoms with E-state index in [1.54, 1.807) is 0 Å². The molecule has 0 aliphatic heterocycles. The van der Waals surface area contributed by atoms with E-state index < -0.39 is 0 Å². The molecule has 0 saturated heterocycles. The maximum atomic E-state index is 2.93. The molecule has 0 bridgehead atoms.